The first-order chi connectivity index (χ1) is 17.4. The van der Waals surface area contributed by atoms with Crippen molar-refractivity contribution in [2.75, 3.05) is 13.2 Å². The highest BCUT2D eigenvalue weighted by molar-refractivity contribution is 5.88. The van der Waals surface area contributed by atoms with Crippen LogP contribution in [0.2, 0.25) is 0 Å². The Bertz CT molecular complexity index is 1130. The van der Waals surface area contributed by atoms with Crippen molar-refractivity contribution >= 4 is 11.8 Å². The van der Waals surface area contributed by atoms with Gasteiger partial charge in [-0.05, 0) is 66.8 Å². The molecule has 36 heavy (non-hydrogen) atoms. The molecule has 190 valence electrons. The largest absolute Gasteiger partial charge is 0.484 e. The number of hydrogen-bond donors (Lipinski definition) is 1. The minimum Gasteiger partial charge on any atom is -0.484 e. The van der Waals surface area contributed by atoms with Crippen LogP contribution in [-0.4, -0.2) is 35.9 Å². The van der Waals surface area contributed by atoms with Gasteiger partial charge in [-0.1, -0.05) is 61.9 Å². The first kappa shape index (κ1) is 26.9. The second-order valence-electron chi connectivity index (χ2n) is 9.03. The summed E-state index contributed by atoms with van der Waals surface area (Å²) in [5, 5.41) is 2.99. The van der Waals surface area contributed by atoms with Gasteiger partial charge in [0.1, 0.15) is 17.6 Å². The van der Waals surface area contributed by atoms with Crippen molar-refractivity contribution in [1.29, 1.82) is 0 Å². The Kier molecular flexibility index (Phi) is 10.0. The molecular formula is C30H35FN2O3. The van der Waals surface area contributed by atoms with Gasteiger partial charge in [-0.15, -0.1) is 0 Å². The molecule has 1 N–H and O–H groups in total. The summed E-state index contributed by atoms with van der Waals surface area (Å²) < 4.78 is 19.4. The summed E-state index contributed by atoms with van der Waals surface area (Å²) in [5.41, 5.74) is 3.88. The van der Waals surface area contributed by atoms with Crippen molar-refractivity contribution in [2.24, 2.45) is 0 Å². The first-order valence-corrected chi connectivity index (χ1v) is 12.4. The fourth-order valence-corrected chi connectivity index (χ4v) is 3.88. The van der Waals surface area contributed by atoms with E-state index in [4.69, 9.17) is 4.74 Å². The van der Waals surface area contributed by atoms with E-state index in [1.54, 1.807) is 17.0 Å². The molecule has 0 aliphatic rings. The van der Waals surface area contributed by atoms with Crippen molar-refractivity contribution in [2.45, 2.75) is 52.6 Å². The fourth-order valence-electron chi connectivity index (χ4n) is 3.88. The number of benzene rings is 3. The van der Waals surface area contributed by atoms with Crippen LogP contribution in [0.1, 0.15) is 42.0 Å². The molecule has 0 aliphatic heterocycles. The lowest BCUT2D eigenvalue weighted by Gasteiger charge is -2.31. The molecule has 0 spiro atoms. The van der Waals surface area contributed by atoms with Gasteiger partial charge in [-0.2, -0.15) is 0 Å². The summed E-state index contributed by atoms with van der Waals surface area (Å²) in [6.45, 7) is 6.55. The fraction of sp³-hybridized carbons (Fsp3) is 0.333. The molecule has 0 aliphatic carbocycles. The molecule has 0 saturated heterocycles. The summed E-state index contributed by atoms with van der Waals surface area (Å²) in [6.07, 6.45) is 2.16. The van der Waals surface area contributed by atoms with E-state index in [1.165, 1.54) is 12.1 Å². The van der Waals surface area contributed by atoms with Crippen molar-refractivity contribution in [3.05, 3.63) is 101 Å². The molecule has 1 atom stereocenters. The average molecular weight is 491 g/mol. The van der Waals surface area contributed by atoms with E-state index in [9.17, 15) is 14.0 Å². The third-order valence-corrected chi connectivity index (χ3v) is 6.21. The monoisotopic (exact) mass is 490 g/mol. The number of nitrogens with one attached hydrogen (secondary N) is 1. The third-order valence-electron chi connectivity index (χ3n) is 6.21. The van der Waals surface area contributed by atoms with Crippen LogP contribution in [0.5, 0.6) is 5.75 Å². The minimum atomic E-state index is -0.745. The quantitative estimate of drug-likeness (QED) is 0.347. The van der Waals surface area contributed by atoms with Gasteiger partial charge in [0.15, 0.2) is 6.61 Å². The second-order valence-corrected chi connectivity index (χ2v) is 9.03. The maximum atomic E-state index is 13.6. The van der Waals surface area contributed by atoms with E-state index in [-0.39, 0.29) is 30.8 Å². The van der Waals surface area contributed by atoms with Gasteiger partial charge < -0.3 is 15.0 Å². The molecule has 3 aromatic rings. The van der Waals surface area contributed by atoms with E-state index < -0.39 is 6.04 Å². The van der Waals surface area contributed by atoms with Crippen molar-refractivity contribution in [3.63, 3.8) is 0 Å². The topological polar surface area (TPSA) is 58.6 Å². The molecule has 0 radical (unpaired) electrons. The summed E-state index contributed by atoms with van der Waals surface area (Å²) in [7, 11) is 0. The second kappa shape index (κ2) is 13.4. The number of halogens is 1. The Balaban J connectivity index is 1.88. The van der Waals surface area contributed by atoms with Gasteiger partial charge in [0.25, 0.3) is 5.91 Å². The van der Waals surface area contributed by atoms with Crippen molar-refractivity contribution in [3.8, 4) is 5.75 Å². The van der Waals surface area contributed by atoms with E-state index in [1.807, 2.05) is 62.4 Å². The number of carbonyl (C=O) groups excluding carboxylic acids is 2. The van der Waals surface area contributed by atoms with Crippen molar-refractivity contribution < 1.29 is 18.7 Å². The number of rotatable bonds is 12. The van der Waals surface area contributed by atoms with Gasteiger partial charge in [0.05, 0.1) is 0 Å². The van der Waals surface area contributed by atoms with Gasteiger partial charge >= 0.3 is 0 Å². The highest BCUT2D eigenvalue weighted by atomic mass is 19.1. The Morgan fingerprint density at radius 3 is 2.33 bits per heavy atom. The smallest absolute Gasteiger partial charge is 0.261 e. The predicted molar refractivity (Wildman–Crippen MR) is 140 cm³/mol. The number of aryl methyl sites for hydroxylation is 2. The Labute approximate surface area is 213 Å². The van der Waals surface area contributed by atoms with Gasteiger partial charge in [-0.25, -0.2) is 4.39 Å². The maximum absolute atomic E-state index is 13.6. The lowest BCUT2D eigenvalue weighted by molar-refractivity contribution is -0.142. The Morgan fingerprint density at radius 1 is 0.944 bits per heavy atom. The summed E-state index contributed by atoms with van der Waals surface area (Å²) >= 11 is 0. The molecule has 0 aromatic heterocycles. The lowest BCUT2D eigenvalue weighted by atomic mass is 10.0. The number of hydrogen-bond acceptors (Lipinski definition) is 3. The number of unbranched alkanes of at least 4 members (excludes halogenated alkanes) is 1. The molecule has 1 unspecified atom stereocenters. The van der Waals surface area contributed by atoms with Crippen LogP contribution < -0.4 is 10.1 Å². The first-order valence-electron chi connectivity index (χ1n) is 12.4. The zero-order valence-corrected chi connectivity index (χ0v) is 21.3. The molecule has 0 heterocycles. The normalized spacial score (nSPS) is 11.6. The summed E-state index contributed by atoms with van der Waals surface area (Å²) in [5.74, 6) is -0.286. The van der Waals surface area contributed by atoms with Crippen LogP contribution in [0, 0.1) is 19.7 Å². The molecule has 2 amide bonds. The SMILES string of the molecule is CCCCNC(=O)C(Cc1ccccc1)N(Cc1ccc(F)cc1)C(=O)COc1ccc(C)c(C)c1. The molecular weight excluding hydrogens is 455 g/mol. The van der Waals surface area contributed by atoms with Crippen LogP contribution in [0.15, 0.2) is 72.8 Å². The lowest BCUT2D eigenvalue weighted by Crippen LogP contribution is -2.51. The number of ether oxygens (including phenoxy) is 1. The Hall–Kier alpha value is -3.67. The molecule has 6 heteroatoms. The van der Waals surface area contributed by atoms with Crippen LogP contribution in [0.3, 0.4) is 0 Å². The minimum absolute atomic E-state index is 0.161. The van der Waals surface area contributed by atoms with E-state index in [0.717, 1.165) is 35.1 Å². The maximum Gasteiger partial charge on any atom is 0.261 e. The van der Waals surface area contributed by atoms with Crippen molar-refractivity contribution in [1.82, 2.24) is 10.2 Å². The predicted octanol–water partition coefficient (Wildman–Crippen LogP) is 5.38. The van der Waals surface area contributed by atoms with Crippen LogP contribution in [-0.2, 0) is 22.6 Å². The zero-order valence-electron chi connectivity index (χ0n) is 21.3. The zero-order chi connectivity index (χ0) is 25.9. The van der Waals surface area contributed by atoms with Gasteiger partial charge in [-0.3, -0.25) is 9.59 Å². The highest BCUT2D eigenvalue weighted by Crippen LogP contribution is 2.19. The number of carbonyl (C=O) groups is 2. The summed E-state index contributed by atoms with van der Waals surface area (Å²) in [4.78, 5) is 28.5. The standard InChI is InChI=1S/C30H35FN2O3/c1-4-5-17-32-30(35)28(19-24-9-7-6-8-10-24)33(20-25-12-14-26(31)15-13-25)29(34)21-36-27-16-11-22(2)23(3)18-27/h6-16,18,28H,4-5,17,19-21H2,1-3H3,(H,32,35). The molecule has 0 bridgehead atoms. The van der Waals surface area contributed by atoms with Gasteiger partial charge in [0, 0.05) is 19.5 Å². The highest BCUT2D eigenvalue weighted by Gasteiger charge is 2.30. The average Bonchev–Trinajstić information content (AvgIpc) is 2.88. The molecule has 0 saturated carbocycles. The molecule has 0 fully saturated rings. The number of amides is 2. The molecule has 3 aromatic carbocycles. The van der Waals surface area contributed by atoms with E-state index in [2.05, 4.69) is 12.2 Å². The van der Waals surface area contributed by atoms with E-state index in [0.29, 0.717) is 18.7 Å². The number of nitrogens with zero attached hydrogens (tertiary/aromatic N) is 1. The molecule has 3 rings (SSSR count). The van der Waals surface area contributed by atoms with E-state index >= 15 is 0 Å². The van der Waals surface area contributed by atoms with Crippen LogP contribution in [0.25, 0.3) is 0 Å². The summed E-state index contributed by atoms with van der Waals surface area (Å²) in [6, 6.07) is 20.5. The Morgan fingerprint density at radius 2 is 1.67 bits per heavy atom. The van der Waals surface area contributed by atoms with Gasteiger partial charge in [0.2, 0.25) is 5.91 Å². The van der Waals surface area contributed by atoms with Crippen LogP contribution >= 0.6 is 0 Å². The third kappa shape index (κ3) is 7.94. The molecule has 5 nitrogen and oxygen atoms in total. The van der Waals surface area contributed by atoms with Crippen LogP contribution in [0.4, 0.5) is 4.39 Å².